The number of hydrogen-bond donors (Lipinski definition) is 1. The predicted molar refractivity (Wildman–Crippen MR) is 91.6 cm³/mol. The van der Waals surface area contributed by atoms with Gasteiger partial charge in [0.25, 0.3) is 0 Å². The third-order valence-corrected chi connectivity index (χ3v) is 5.55. The Labute approximate surface area is 138 Å². The highest BCUT2D eigenvalue weighted by Crippen LogP contribution is 2.25. The zero-order valence-electron chi connectivity index (χ0n) is 12.2. The Bertz CT molecular complexity index is 607. The summed E-state index contributed by atoms with van der Waals surface area (Å²) in [6, 6.07) is 11.3. The van der Waals surface area contributed by atoms with Crippen LogP contribution in [0.2, 0.25) is 0 Å². The lowest BCUT2D eigenvalue weighted by Crippen LogP contribution is -2.14. The summed E-state index contributed by atoms with van der Waals surface area (Å²) in [5, 5.41) is 3.57. The molecule has 1 aliphatic carbocycles. The van der Waals surface area contributed by atoms with Crippen molar-refractivity contribution in [1.29, 1.82) is 0 Å². The minimum absolute atomic E-state index is 0.645. The van der Waals surface area contributed by atoms with Crippen LogP contribution in [0.4, 0.5) is 0 Å². The summed E-state index contributed by atoms with van der Waals surface area (Å²) in [6.07, 6.45) is 2.68. The van der Waals surface area contributed by atoms with Crippen LogP contribution in [0, 0.1) is 6.92 Å². The van der Waals surface area contributed by atoms with Gasteiger partial charge in [0, 0.05) is 26.8 Å². The molecule has 0 spiro atoms. The highest BCUT2D eigenvalue weighted by atomic mass is 79.9. The maximum atomic E-state index is 5.87. The third kappa shape index (κ3) is 4.39. The highest BCUT2D eigenvalue weighted by Gasteiger charge is 2.20. The van der Waals surface area contributed by atoms with Crippen LogP contribution in [-0.4, -0.2) is 6.04 Å². The average molecular weight is 366 g/mol. The lowest BCUT2D eigenvalue weighted by Gasteiger charge is -2.06. The van der Waals surface area contributed by atoms with Crippen LogP contribution in [0.5, 0.6) is 0 Å². The first-order valence-electron chi connectivity index (χ1n) is 7.35. The second kappa shape index (κ2) is 7.05. The Morgan fingerprint density at radius 1 is 1.24 bits per heavy atom. The minimum Gasteiger partial charge on any atom is -0.372 e. The molecule has 1 N–H and O–H groups in total. The van der Waals surface area contributed by atoms with E-state index < -0.39 is 0 Å². The van der Waals surface area contributed by atoms with Gasteiger partial charge in [-0.05, 0) is 43.0 Å². The van der Waals surface area contributed by atoms with Crippen LogP contribution in [0.25, 0.3) is 0 Å². The Hall–Kier alpha value is -0.680. The van der Waals surface area contributed by atoms with E-state index >= 15 is 0 Å². The Balaban J connectivity index is 1.51. The molecule has 21 heavy (non-hydrogen) atoms. The molecule has 112 valence electrons. The third-order valence-electron chi connectivity index (χ3n) is 3.69. The molecular weight excluding hydrogens is 346 g/mol. The second-order valence-corrected chi connectivity index (χ2v) is 7.73. The van der Waals surface area contributed by atoms with Gasteiger partial charge in [0.15, 0.2) is 0 Å². The molecule has 0 saturated heterocycles. The van der Waals surface area contributed by atoms with E-state index in [1.54, 1.807) is 0 Å². The number of rotatable bonds is 7. The zero-order chi connectivity index (χ0) is 14.7. The molecule has 0 aliphatic heterocycles. The average Bonchev–Trinajstić information content (AvgIpc) is 3.23. The van der Waals surface area contributed by atoms with Crippen molar-refractivity contribution in [3.05, 3.63) is 55.7 Å². The topological polar surface area (TPSA) is 21.3 Å². The molecule has 3 rings (SSSR count). The molecule has 4 heteroatoms. The van der Waals surface area contributed by atoms with Crippen molar-refractivity contribution in [3.63, 3.8) is 0 Å². The van der Waals surface area contributed by atoms with Crippen LogP contribution in [0.15, 0.2) is 34.8 Å². The lowest BCUT2D eigenvalue weighted by molar-refractivity contribution is 0.106. The van der Waals surface area contributed by atoms with Crippen LogP contribution < -0.4 is 5.32 Å². The quantitative estimate of drug-likeness (QED) is 0.761. The normalized spacial score (nSPS) is 14.6. The highest BCUT2D eigenvalue weighted by molar-refractivity contribution is 9.10. The molecule has 2 nitrogen and oxygen atoms in total. The fourth-order valence-electron chi connectivity index (χ4n) is 2.24. The molecule has 0 unspecified atom stereocenters. The molecule has 1 fully saturated rings. The van der Waals surface area contributed by atoms with Crippen molar-refractivity contribution in [2.24, 2.45) is 0 Å². The molecule has 0 amide bonds. The summed E-state index contributed by atoms with van der Waals surface area (Å²) in [7, 11) is 0. The van der Waals surface area contributed by atoms with Crippen LogP contribution in [0.3, 0.4) is 0 Å². The van der Waals surface area contributed by atoms with Crippen molar-refractivity contribution >= 4 is 27.3 Å². The Morgan fingerprint density at radius 3 is 2.76 bits per heavy atom. The number of benzene rings is 1. The van der Waals surface area contributed by atoms with Crippen LogP contribution in [-0.2, 0) is 24.5 Å². The first-order chi connectivity index (χ1) is 10.2. The smallest absolute Gasteiger partial charge is 0.0732 e. The van der Waals surface area contributed by atoms with E-state index in [2.05, 4.69) is 46.4 Å². The van der Waals surface area contributed by atoms with Crippen LogP contribution >= 0.6 is 27.3 Å². The number of thiophene rings is 1. The number of halogens is 1. The molecular formula is C17H20BrNOS. The van der Waals surface area contributed by atoms with Gasteiger partial charge >= 0.3 is 0 Å². The summed E-state index contributed by atoms with van der Waals surface area (Å²) in [5.41, 5.74) is 2.51. The van der Waals surface area contributed by atoms with Crippen molar-refractivity contribution in [1.82, 2.24) is 5.32 Å². The van der Waals surface area contributed by atoms with E-state index in [4.69, 9.17) is 4.74 Å². The van der Waals surface area contributed by atoms with E-state index in [1.165, 1.54) is 33.7 Å². The van der Waals surface area contributed by atoms with Crippen molar-refractivity contribution in [3.8, 4) is 0 Å². The molecule has 0 radical (unpaired) electrons. The maximum absolute atomic E-state index is 5.87. The molecule has 0 atom stereocenters. The van der Waals surface area contributed by atoms with Gasteiger partial charge in [-0.15, -0.1) is 11.3 Å². The zero-order valence-corrected chi connectivity index (χ0v) is 14.6. The number of hydrogen-bond acceptors (Lipinski definition) is 3. The molecule has 1 heterocycles. The summed E-state index contributed by atoms with van der Waals surface area (Å²) in [6.45, 7) is 4.52. The SMILES string of the molecule is Cc1sc(CNC2CC2)cc1COCc1ccccc1Br. The largest absolute Gasteiger partial charge is 0.372 e. The summed E-state index contributed by atoms with van der Waals surface area (Å²) >= 11 is 5.44. The van der Waals surface area contributed by atoms with E-state index in [1.807, 2.05) is 23.5 Å². The molecule has 1 saturated carbocycles. The minimum atomic E-state index is 0.645. The van der Waals surface area contributed by atoms with Gasteiger partial charge in [-0.2, -0.15) is 0 Å². The van der Waals surface area contributed by atoms with Gasteiger partial charge in [0.05, 0.1) is 13.2 Å². The fourth-order valence-corrected chi connectivity index (χ4v) is 3.63. The molecule has 1 aliphatic rings. The number of nitrogens with one attached hydrogen (secondary N) is 1. The van der Waals surface area contributed by atoms with E-state index in [0.717, 1.165) is 17.1 Å². The van der Waals surface area contributed by atoms with Crippen LogP contribution in [0.1, 0.15) is 33.7 Å². The van der Waals surface area contributed by atoms with Gasteiger partial charge in [-0.1, -0.05) is 34.1 Å². The van der Waals surface area contributed by atoms with E-state index in [-0.39, 0.29) is 0 Å². The molecule has 2 aromatic rings. The first-order valence-corrected chi connectivity index (χ1v) is 8.96. The van der Waals surface area contributed by atoms with Gasteiger partial charge in [0.1, 0.15) is 0 Å². The first kappa shape index (κ1) is 15.2. The lowest BCUT2D eigenvalue weighted by atomic mass is 10.2. The molecule has 1 aromatic heterocycles. The Kier molecular flexibility index (Phi) is 5.11. The maximum Gasteiger partial charge on any atom is 0.0732 e. The van der Waals surface area contributed by atoms with Crippen molar-refractivity contribution in [2.45, 2.75) is 45.6 Å². The monoisotopic (exact) mass is 365 g/mol. The van der Waals surface area contributed by atoms with Gasteiger partial charge < -0.3 is 10.1 Å². The standard InChI is InChI=1S/C17H20BrNOS/c1-12-14(8-16(21-12)9-19-15-6-7-15)11-20-10-13-4-2-3-5-17(13)18/h2-5,8,15,19H,6-7,9-11H2,1H3. The van der Waals surface area contributed by atoms with Crippen molar-refractivity contribution in [2.75, 3.05) is 0 Å². The molecule has 0 bridgehead atoms. The second-order valence-electron chi connectivity index (χ2n) is 5.53. The van der Waals surface area contributed by atoms with Gasteiger partial charge in [-0.3, -0.25) is 0 Å². The summed E-state index contributed by atoms with van der Waals surface area (Å²) in [4.78, 5) is 2.79. The van der Waals surface area contributed by atoms with E-state index in [9.17, 15) is 0 Å². The number of ether oxygens (including phenoxy) is 1. The van der Waals surface area contributed by atoms with Gasteiger partial charge in [0.2, 0.25) is 0 Å². The summed E-state index contributed by atoms with van der Waals surface area (Å²) in [5.74, 6) is 0. The van der Waals surface area contributed by atoms with Gasteiger partial charge in [-0.25, -0.2) is 0 Å². The number of aryl methyl sites for hydroxylation is 1. The predicted octanol–water partition coefficient (Wildman–Crippen LogP) is 4.79. The molecule has 1 aromatic carbocycles. The van der Waals surface area contributed by atoms with E-state index in [0.29, 0.717) is 13.2 Å². The summed E-state index contributed by atoms with van der Waals surface area (Å²) < 4.78 is 6.99. The Morgan fingerprint density at radius 2 is 2.00 bits per heavy atom. The fraction of sp³-hybridized carbons (Fsp3) is 0.412. The van der Waals surface area contributed by atoms with Crippen molar-refractivity contribution < 1.29 is 4.74 Å².